The zero-order valence-electron chi connectivity index (χ0n) is 17.2. The predicted octanol–water partition coefficient (Wildman–Crippen LogP) is 3.02. The van der Waals surface area contributed by atoms with Crippen molar-refractivity contribution in [3.63, 3.8) is 0 Å². The third-order valence-corrected chi connectivity index (χ3v) is 4.56. The average Bonchev–Trinajstić information content (AvgIpc) is 3.15. The van der Waals surface area contributed by atoms with E-state index in [1.165, 1.54) is 5.56 Å². The van der Waals surface area contributed by atoms with E-state index in [9.17, 15) is 4.79 Å². The minimum atomic E-state index is 0. The normalized spacial score (nSPS) is 16.6. The van der Waals surface area contributed by atoms with Crippen LogP contribution in [0.4, 0.5) is 0 Å². The summed E-state index contributed by atoms with van der Waals surface area (Å²) in [5.41, 5.74) is 1.21. The molecule has 2 N–H and O–H groups in total. The fourth-order valence-electron chi connectivity index (χ4n) is 3.12. The molecule has 1 aliphatic rings. The maximum Gasteiger partial charge on any atom is 0.221 e. The van der Waals surface area contributed by atoms with Crippen LogP contribution in [0.25, 0.3) is 0 Å². The third-order valence-electron chi connectivity index (χ3n) is 4.56. The zero-order valence-corrected chi connectivity index (χ0v) is 19.5. The van der Waals surface area contributed by atoms with Crippen LogP contribution in [-0.2, 0) is 16.1 Å². The molecule has 6 nitrogen and oxygen atoms in total. The predicted molar refractivity (Wildman–Crippen MR) is 125 cm³/mol. The Morgan fingerprint density at radius 2 is 2.04 bits per heavy atom. The number of halogens is 1. The molecule has 1 fully saturated rings. The van der Waals surface area contributed by atoms with Crippen LogP contribution in [0.5, 0.6) is 0 Å². The highest BCUT2D eigenvalue weighted by atomic mass is 127. The van der Waals surface area contributed by atoms with Crippen LogP contribution in [0.1, 0.15) is 38.7 Å². The van der Waals surface area contributed by atoms with Crippen molar-refractivity contribution in [1.29, 1.82) is 0 Å². The second kappa shape index (κ2) is 14.6. The van der Waals surface area contributed by atoms with Gasteiger partial charge in [-0.3, -0.25) is 9.79 Å². The maximum atomic E-state index is 11.7. The number of carbonyl (C=O) groups excluding carboxylic acids is 1. The monoisotopic (exact) mass is 502 g/mol. The van der Waals surface area contributed by atoms with E-state index in [-0.39, 0.29) is 29.9 Å². The molecule has 2 rings (SSSR count). The van der Waals surface area contributed by atoms with Crippen LogP contribution < -0.4 is 10.6 Å². The van der Waals surface area contributed by atoms with Crippen LogP contribution in [0, 0.1) is 5.92 Å². The summed E-state index contributed by atoms with van der Waals surface area (Å²) in [4.78, 5) is 18.6. The number of benzene rings is 1. The van der Waals surface area contributed by atoms with E-state index >= 15 is 0 Å². The van der Waals surface area contributed by atoms with Gasteiger partial charge in [-0.15, -0.1) is 24.0 Å². The van der Waals surface area contributed by atoms with E-state index < -0.39 is 0 Å². The van der Waals surface area contributed by atoms with Gasteiger partial charge in [0, 0.05) is 38.5 Å². The summed E-state index contributed by atoms with van der Waals surface area (Å²) in [5.74, 6) is 1.50. The summed E-state index contributed by atoms with van der Waals surface area (Å²) in [6.45, 7) is 9.56. The van der Waals surface area contributed by atoms with Gasteiger partial charge in [0.1, 0.15) is 0 Å². The SMILES string of the molecule is CCCNC(=O)CCN=C(NCC)N1CCC(COCc2ccccc2)C1.I. The minimum absolute atomic E-state index is 0. The Balaban J connectivity index is 0.00000392. The molecule has 1 aliphatic heterocycles. The summed E-state index contributed by atoms with van der Waals surface area (Å²) in [6.07, 6.45) is 2.50. The highest BCUT2D eigenvalue weighted by molar-refractivity contribution is 14.0. The molecule has 0 bridgehead atoms. The Morgan fingerprint density at radius 3 is 2.75 bits per heavy atom. The van der Waals surface area contributed by atoms with Crippen molar-refractivity contribution in [2.24, 2.45) is 10.9 Å². The topological polar surface area (TPSA) is 66.0 Å². The van der Waals surface area contributed by atoms with Crippen LogP contribution in [0.15, 0.2) is 35.3 Å². The van der Waals surface area contributed by atoms with Gasteiger partial charge in [-0.1, -0.05) is 37.3 Å². The molecular formula is C21H35IN4O2. The molecule has 1 aromatic carbocycles. The molecule has 1 atom stereocenters. The van der Waals surface area contributed by atoms with Crippen molar-refractivity contribution in [2.45, 2.75) is 39.7 Å². The molecule has 7 heteroatoms. The quantitative estimate of drug-likeness (QED) is 0.293. The number of aliphatic imine (C=N–C) groups is 1. The third kappa shape index (κ3) is 9.23. The minimum Gasteiger partial charge on any atom is -0.376 e. The van der Waals surface area contributed by atoms with E-state index in [1.54, 1.807) is 0 Å². The smallest absolute Gasteiger partial charge is 0.221 e. The molecule has 1 unspecified atom stereocenters. The van der Waals surface area contributed by atoms with Gasteiger partial charge in [-0.2, -0.15) is 0 Å². The van der Waals surface area contributed by atoms with Crippen LogP contribution in [0.2, 0.25) is 0 Å². The van der Waals surface area contributed by atoms with Gasteiger partial charge in [-0.05, 0) is 25.3 Å². The van der Waals surface area contributed by atoms with Gasteiger partial charge in [0.25, 0.3) is 0 Å². The van der Waals surface area contributed by atoms with Crippen LogP contribution in [-0.4, -0.2) is 56.1 Å². The van der Waals surface area contributed by atoms with Gasteiger partial charge in [0.2, 0.25) is 5.91 Å². The number of rotatable bonds is 10. The van der Waals surface area contributed by atoms with Gasteiger partial charge < -0.3 is 20.3 Å². The molecule has 0 radical (unpaired) electrons. The number of amides is 1. The lowest BCUT2D eigenvalue weighted by Crippen LogP contribution is -2.40. The van der Waals surface area contributed by atoms with Crippen molar-refractivity contribution in [2.75, 3.05) is 39.3 Å². The van der Waals surface area contributed by atoms with E-state index in [0.717, 1.165) is 51.6 Å². The standard InChI is InChI=1S/C21H34N4O2.HI/c1-3-12-23-20(26)10-13-24-21(22-4-2)25-14-11-19(15-25)17-27-16-18-8-6-5-7-9-18;/h5-9,19H,3-4,10-17H2,1-2H3,(H,22,24)(H,23,26);1H. The number of likely N-dealkylation sites (tertiary alicyclic amines) is 1. The molecule has 28 heavy (non-hydrogen) atoms. The Hall–Kier alpha value is -1.35. The van der Waals surface area contributed by atoms with Crippen molar-refractivity contribution < 1.29 is 9.53 Å². The van der Waals surface area contributed by atoms with Gasteiger partial charge in [0.15, 0.2) is 5.96 Å². The summed E-state index contributed by atoms with van der Waals surface area (Å²) in [7, 11) is 0. The van der Waals surface area contributed by atoms with Gasteiger partial charge in [-0.25, -0.2) is 0 Å². The molecule has 158 valence electrons. The molecule has 0 spiro atoms. The van der Waals surface area contributed by atoms with Crippen molar-refractivity contribution in [1.82, 2.24) is 15.5 Å². The second-order valence-corrected chi connectivity index (χ2v) is 6.94. The average molecular weight is 502 g/mol. The van der Waals surface area contributed by atoms with Crippen molar-refractivity contribution in [3.05, 3.63) is 35.9 Å². The van der Waals surface area contributed by atoms with Crippen molar-refractivity contribution >= 4 is 35.8 Å². The first-order valence-electron chi connectivity index (χ1n) is 10.1. The number of hydrogen-bond donors (Lipinski definition) is 2. The first kappa shape index (κ1) is 24.7. The lowest BCUT2D eigenvalue weighted by molar-refractivity contribution is -0.120. The van der Waals surface area contributed by atoms with E-state index in [0.29, 0.717) is 25.5 Å². The summed E-state index contributed by atoms with van der Waals surface area (Å²) >= 11 is 0. The number of guanidine groups is 1. The fourth-order valence-corrected chi connectivity index (χ4v) is 3.12. The number of hydrogen-bond acceptors (Lipinski definition) is 3. The number of nitrogens with zero attached hydrogens (tertiary/aromatic N) is 2. The highest BCUT2D eigenvalue weighted by Crippen LogP contribution is 2.17. The second-order valence-electron chi connectivity index (χ2n) is 6.94. The Kier molecular flexibility index (Phi) is 12.9. The summed E-state index contributed by atoms with van der Waals surface area (Å²) < 4.78 is 5.90. The zero-order chi connectivity index (χ0) is 19.3. The first-order chi connectivity index (χ1) is 13.2. The van der Waals surface area contributed by atoms with Gasteiger partial charge >= 0.3 is 0 Å². The van der Waals surface area contributed by atoms with Gasteiger partial charge in [0.05, 0.1) is 19.8 Å². The van der Waals surface area contributed by atoms with Crippen LogP contribution in [0.3, 0.4) is 0 Å². The van der Waals surface area contributed by atoms with Crippen molar-refractivity contribution in [3.8, 4) is 0 Å². The largest absolute Gasteiger partial charge is 0.376 e. The molecule has 1 aromatic rings. The lowest BCUT2D eigenvalue weighted by Gasteiger charge is -2.21. The first-order valence-corrected chi connectivity index (χ1v) is 10.1. The van der Waals surface area contributed by atoms with Crippen LogP contribution >= 0.6 is 24.0 Å². The molecule has 0 saturated carbocycles. The molecule has 1 heterocycles. The van der Waals surface area contributed by atoms with E-state index in [2.05, 4.69) is 46.5 Å². The summed E-state index contributed by atoms with van der Waals surface area (Å²) in [5, 5.41) is 6.24. The molecule has 0 aromatic heterocycles. The number of ether oxygens (including phenoxy) is 1. The highest BCUT2D eigenvalue weighted by Gasteiger charge is 2.25. The molecule has 0 aliphatic carbocycles. The Labute approximate surface area is 186 Å². The van der Waals surface area contributed by atoms with E-state index in [4.69, 9.17) is 4.74 Å². The molecule has 1 amide bonds. The lowest BCUT2D eigenvalue weighted by atomic mass is 10.1. The number of nitrogens with one attached hydrogen (secondary N) is 2. The fraction of sp³-hybridized carbons (Fsp3) is 0.619. The number of carbonyl (C=O) groups is 1. The van der Waals surface area contributed by atoms with E-state index in [1.807, 2.05) is 18.2 Å². The Morgan fingerprint density at radius 1 is 1.25 bits per heavy atom. The summed E-state index contributed by atoms with van der Waals surface area (Å²) in [6, 6.07) is 10.3. The Bertz CT molecular complexity index is 583. The molecular weight excluding hydrogens is 467 g/mol. The maximum absolute atomic E-state index is 11.7. The molecule has 1 saturated heterocycles.